The smallest absolute Gasteiger partial charge is 0.0486 e. The van der Waals surface area contributed by atoms with Crippen LogP contribution >= 0.6 is 0 Å². The molecular formula is C12H14N2. The summed E-state index contributed by atoms with van der Waals surface area (Å²) in [4.78, 5) is 0. The van der Waals surface area contributed by atoms with Gasteiger partial charge in [0, 0.05) is 24.8 Å². The summed E-state index contributed by atoms with van der Waals surface area (Å²) in [5.41, 5.74) is 8.00. The van der Waals surface area contributed by atoms with Gasteiger partial charge in [-0.3, -0.25) is 0 Å². The molecular weight excluding hydrogens is 172 g/mol. The van der Waals surface area contributed by atoms with Crippen LogP contribution in [0.25, 0.3) is 10.9 Å². The molecule has 0 unspecified atom stereocenters. The van der Waals surface area contributed by atoms with Crippen molar-refractivity contribution in [2.24, 2.45) is 5.73 Å². The van der Waals surface area contributed by atoms with E-state index >= 15 is 0 Å². The molecule has 0 atom stereocenters. The van der Waals surface area contributed by atoms with Gasteiger partial charge in [0.25, 0.3) is 0 Å². The van der Waals surface area contributed by atoms with E-state index in [0.29, 0.717) is 6.54 Å². The van der Waals surface area contributed by atoms with E-state index in [0.717, 1.165) is 6.54 Å². The fraction of sp³-hybridized carbons (Fsp3) is 0.167. The van der Waals surface area contributed by atoms with Gasteiger partial charge in [-0.1, -0.05) is 18.2 Å². The summed E-state index contributed by atoms with van der Waals surface area (Å²) in [5, 5.41) is 1.25. The Bertz CT molecular complexity index is 454. The number of rotatable bonds is 3. The Hall–Kier alpha value is -1.54. The van der Waals surface area contributed by atoms with Gasteiger partial charge in [0.2, 0.25) is 0 Å². The summed E-state index contributed by atoms with van der Waals surface area (Å²) in [6, 6.07) is 8.43. The van der Waals surface area contributed by atoms with Crippen LogP contribution in [0.2, 0.25) is 0 Å². The molecule has 0 saturated heterocycles. The second kappa shape index (κ2) is 3.68. The molecule has 2 heteroatoms. The lowest BCUT2D eigenvalue weighted by Gasteiger charge is -2.02. The molecule has 1 aromatic carbocycles. The maximum Gasteiger partial charge on any atom is 0.0486 e. The minimum Gasteiger partial charge on any atom is -0.344 e. The van der Waals surface area contributed by atoms with E-state index in [1.807, 2.05) is 6.08 Å². The monoisotopic (exact) mass is 186 g/mol. The van der Waals surface area contributed by atoms with Gasteiger partial charge in [-0.15, -0.1) is 6.58 Å². The van der Waals surface area contributed by atoms with Crippen molar-refractivity contribution in [2.75, 3.05) is 0 Å². The third kappa shape index (κ3) is 1.44. The van der Waals surface area contributed by atoms with Crippen LogP contribution in [-0.4, -0.2) is 4.57 Å². The Balaban J connectivity index is 2.57. The number of benzene rings is 1. The highest BCUT2D eigenvalue weighted by Crippen LogP contribution is 2.17. The lowest BCUT2D eigenvalue weighted by molar-refractivity contribution is 0.864. The molecule has 2 rings (SSSR count). The van der Waals surface area contributed by atoms with Crippen molar-refractivity contribution in [1.29, 1.82) is 0 Å². The number of allylic oxidation sites excluding steroid dienone is 1. The first kappa shape index (κ1) is 9.03. The van der Waals surface area contributed by atoms with Crippen molar-refractivity contribution in [2.45, 2.75) is 13.1 Å². The largest absolute Gasteiger partial charge is 0.344 e. The van der Waals surface area contributed by atoms with Crippen molar-refractivity contribution in [3.63, 3.8) is 0 Å². The molecule has 0 aliphatic heterocycles. The predicted octanol–water partition coefficient (Wildman–Crippen LogP) is 2.29. The van der Waals surface area contributed by atoms with Gasteiger partial charge in [0.15, 0.2) is 0 Å². The predicted molar refractivity (Wildman–Crippen MR) is 60.0 cm³/mol. The Morgan fingerprint density at radius 1 is 1.36 bits per heavy atom. The van der Waals surface area contributed by atoms with E-state index in [4.69, 9.17) is 5.73 Å². The Kier molecular flexibility index (Phi) is 2.37. The van der Waals surface area contributed by atoms with Crippen LogP contribution in [-0.2, 0) is 13.1 Å². The summed E-state index contributed by atoms with van der Waals surface area (Å²) < 4.78 is 2.17. The van der Waals surface area contributed by atoms with E-state index < -0.39 is 0 Å². The second-order valence-electron chi connectivity index (χ2n) is 3.35. The van der Waals surface area contributed by atoms with E-state index in [2.05, 4.69) is 41.6 Å². The van der Waals surface area contributed by atoms with Crippen LogP contribution in [0.3, 0.4) is 0 Å². The van der Waals surface area contributed by atoms with E-state index in [-0.39, 0.29) is 0 Å². The van der Waals surface area contributed by atoms with Gasteiger partial charge in [-0.25, -0.2) is 0 Å². The Morgan fingerprint density at radius 3 is 2.93 bits per heavy atom. The SMILES string of the molecule is C=CCn1ccc2ccc(CN)cc21. The zero-order valence-electron chi connectivity index (χ0n) is 8.11. The van der Waals surface area contributed by atoms with Gasteiger partial charge in [0.05, 0.1) is 0 Å². The molecule has 0 fully saturated rings. The normalized spacial score (nSPS) is 10.6. The average Bonchev–Trinajstić information content (AvgIpc) is 2.61. The zero-order valence-corrected chi connectivity index (χ0v) is 8.11. The van der Waals surface area contributed by atoms with Crippen LogP contribution < -0.4 is 5.73 Å². The van der Waals surface area contributed by atoms with Crippen LogP contribution in [0.4, 0.5) is 0 Å². The van der Waals surface area contributed by atoms with Crippen molar-refractivity contribution in [3.8, 4) is 0 Å². The highest BCUT2D eigenvalue weighted by molar-refractivity contribution is 5.80. The van der Waals surface area contributed by atoms with Crippen LogP contribution in [0.1, 0.15) is 5.56 Å². The standard InChI is InChI=1S/C12H14N2/c1-2-6-14-7-5-11-4-3-10(9-13)8-12(11)14/h2-5,7-8H,1,6,9,13H2. The van der Waals surface area contributed by atoms with Gasteiger partial charge in [0.1, 0.15) is 0 Å². The second-order valence-corrected chi connectivity index (χ2v) is 3.35. The summed E-state index contributed by atoms with van der Waals surface area (Å²) in [6.07, 6.45) is 3.97. The molecule has 0 radical (unpaired) electrons. The minimum atomic E-state index is 0.592. The van der Waals surface area contributed by atoms with Crippen LogP contribution in [0, 0.1) is 0 Å². The van der Waals surface area contributed by atoms with E-state index in [9.17, 15) is 0 Å². The topological polar surface area (TPSA) is 30.9 Å². The van der Waals surface area contributed by atoms with Crippen LogP contribution in [0.5, 0.6) is 0 Å². The third-order valence-electron chi connectivity index (χ3n) is 2.40. The zero-order chi connectivity index (χ0) is 9.97. The van der Waals surface area contributed by atoms with Crippen molar-refractivity contribution < 1.29 is 0 Å². The number of nitrogens with zero attached hydrogens (tertiary/aromatic N) is 1. The molecule has 0 amide bonds. The average molecular weight is 186 g/mol. The number of hydrogen-bond donors (Lipinski definition) is 1. The van der Waals surface area contributed by atoms with Crippen molar-refractivity contribution >= 4 is 10.9 Å². The fourth-order valence-corrected chi connectivity index (χ4v) is 1.65. The molecule has 1 aromatic heterocycles. The van der Waals surface area contributed by atoms with E-state index in [1.54, 1.807) is 0 Å². The molecule has 72 valence electrons. The maximum absolute atomic E-state index is 5.60. The van der Waals surface area contributed by atoms with Gasteiger partial charge in [-0.2, -0.15) is 0 Å². The molecule has 0 aliphatic rings. The molecule has 0 bridgehead atoms. The summed E-state index contributed by atoms with van der Waals surface area (Å²) >= 11 is 0. The number of fused-ring (bicyclic) bond motifs is 1. The first-order chi connectivity index (χ1) is 6.85. The minimum absolute atomic E-state index is 0.592. The van der Waals surface area contributed by atoms with Crippen molar-refractivity contribution in [1.82, 2.24) is 4.57 Å². The highest BCUT2D eigenvalue weighted by atomic mass is 14.9. The van der Waals surface area contributed by atoms with E-state index in [1.165, 1.54) is 16.5 Å². The molecule has 0 saturated carbocycles. The van der Waals surface area contributed by atoms with Gasteiger partial charge in [-0.05, 0) is 23.1 Å². The third-order valence-corrected chi connectivity index (χ3v) is 2.40. The first-order valence-corrected chi connectivity index (χ1v) is 4.74. The molecule has 0 aliphatic carbocycles. The quantitative estimate of drug-likeness (QED) is 0.732. The first-order valence-electron chi connectivity index (χ1n) is 4.74. The summed E-state index contributed by atoms with van der Waals surface area (Å²) in [6.45, 7) is 5.18. The number of hydrogen-bond acceptors (Lipinski definition) is 1. The number of nitrogens with two attached hydrogens (primary N) is 1. The Labute approximate surface area is 83.6 Å². The number of aromatic nitrogens is 1. The molecule has 0 spiro atoms. The van der Waals surface area contributed by atoms with Gasteiger partial charge >= 0.3 is 0 Å². The molecule has 1 heterocycles. The Morgan fingerprint density at radius 2 is 2.21 bits per heavy atom. The van der Waals surface area contributed by atoms with Crippen LogP contribution in [0.15, 0.2) is 43.1 Å². The molecule has 2 nitrogen and oxygen atoms in total. The van der Waals surface area contributed by atoms with Crippen molar-refractivity contribution in [3.05, 3.63) is 48.7 Å². The molecule has 2 N–H and O–H groups in total. The maximum atomic E-state index is 5.60. The van der Waals surface area contributed by atoms with Gasteiger partial charge < -0.3 is 10.3 Å². The lowest BCUT2D eigenvalue weighted by atomic mass is 10.1. The summed E-state index contributed by atoms with van der Waals surface area (Å²) in [7, 11) is 0. The summed E-state index contributed by atoms with van der Waals surface area (Å²) in [5.74, 6) is 0. The molecule has 14 heavy (non-hydrogen) atoms. The molecule has 2 aromatic rings. The highest BCUT2D eigenvalue weighted by Gasteiger charge is 1.99. The lowest BCUT2D eigenvalue weighted by Crippen LogP contribution is -1.97. The fourth-order valence-electron chi connectivity index (χ4n) is 1.65.